The van der Waals surface area contributed by atoms with Crippen LogP contribution in [0.4, 0.5) is 4.39 Å². The second-order valence-electron chi connectivity index (χ2n) is 4.31. The normalized spacial score (nSPS) is 11.9. The first kappa shape index (κ1) is 11.5. The molecule has 0 amide bonds. The lowest BCUT2D eigenvalue weighted by molar-refractivity contribution is 0.512. The van der Waals surface area contributed by atoms with E-state index in [0.29, 0.717) is 12.0 Å². The first-order valence-electron chi connectivity index (χ1n) is 4.53. The Bertz CT molecular complexity index is 342. The maximum absolute atomic E-state index is 13.4. The number of hydrogen-bond donors (Lipinski definition) is 1. The first-order chi connectivity index (χ1) is 6.31. The highest BCUT2D eigenvalue weighted by molar-refractivity contribution is 6.30. The summed E-state index contributed by atoms with van der Waals surface area (Å²) in [6.45, 7) is 5.56. The second-order valence-corrected chi connectivity index (χ2v) is 4.72. The maximum Gasteiger partial charge on any atom is 0.144 e. The Hall–Kier alpha value is -0.600. The van der Waals surface area contributed by atoms with Gasteiger partial charge in [-0.2, -0.15) is 0 Å². The molecule has 1 nitrogen and oxygen atoms in total. The van der Waals surface area contributed by atoms with Gasteiger partial charge in [0.2, 0.25) is 0 Å². The second kappa shape index (κ2) is 3.87. The lowest BCUT2D eigenvalue weighted by atomic mass is 9.93. The molecule has 3 heteroatoms. The molecule has 0 radical (unpaired) electrons. The van der Waals surface area contributed by atoms with Crippen LogP contribution in [0.15, 0.2) is 12.1 Å². The maximum atomic E-state index is 13.4. The molecule has 0 spiro atoms. The Morgan fingerprint density at radius 1 is 1.43 bits per heavy atom. The molecule has 0 bridgehead atoms. The van der Waals surface area contributed by atoms with Gasteiger partial charge in [0.15, 0.2) is 0 Å². The van der Waals surface area contributed by atoms with Crippen molar-refractivity contribution in [3.63, 3.8) is 0 Å². The molecule has 0 aliphatic carbocycles. The molecule has 0 aromatic heterocycles. The Morgan fingerprint density at radius 3 is 2.50 bits per heavy atom. The topological polar surface area (TPSA) is 26.0 Å². The van der Waals surface area contributed by atoms with Crippen molar-refractivity contribution in [3.05, 3.63) is 34.1 Å². The molecule has 0 atom stereocenters. The minimum absolute atomic E-state index is 0.168. The number of hydrogen-bond acceptors (Lipinski definition) is 1. The van der Waals surface area contributed by atoms with E-state index in [0.717, 1.165) is 5.56 Å². The van der Waals surface area contributed by atoms with Crippen LogP contribution in [0.5, 0.6) is 0 Å². The zero-order valence-electron chi connectivity index (χ0n) is 8.70. The van der Waals surface area contributed by atoms with Gasteiger partial charge in [-0.15, -0.1) is 0 Å². The predicted octanol–water partition coefficient (Wildman–Crippen LogP) is 3.07. The van der Waals surface area contributed by atoms with Crippen LogP contribution in [0.3, 0.4) is 0 Å². The van der Waals surface area contributed by atoms with Gasteiger partial charge in [-0.1, -0.05) is 17.7 Å². The molecule has 1 aromatic rings. The van der Waals surface area contributed by atoms with Crippen molar-refractivity contribution < 1.29 is 4.39 Å². The van der Waals surface area contributed by atoms with Gasteiger partial charge in [0.05, 0.1) is 5.02 Å². The van der Waals surface area contributed by atoms with E-state index in [9.17, 15) is 4.39 Å². The number of halogens is 2. The van der Waals surface area contributed by atoms with Gasteiger partial charge < -0.3 is 5.73 Å². The van der Waals surface area contributed by atoms with Gasteiger partial charge in [0.25, 0.3) is 0 Å². The SMILES string of the molecule is Cc1c(CC(C)(C)N)ccc(Cl)c1F. The summed E-state index contributed by atoms with van der Waals surface area (Å²) in [6.07, 6.45) is 0.646. The van der Waals surface area contributed by atoms with Crippen LogP contribution in [0.1, 0.15) is 25.0 Å². The number of benzene rings is 1. The quantitative estimate of drug-likeness (QED) is 0.806. The Kier molecular flexibility index (Phi) is 3.17. The van der Waals surface area contributed by atoms with Crippen LogP contribution in [-0.2, 0) is 6.42 Å². The van der Waals surface area contributed by atoms with Crippen LogP contribution in [0.25, 0.3) is 0 Å². The van der Waals surface area contributed by atoms with Crippen LogP contribution in [0, 0.1) is 12.7 Å². The van der Waals surface area contributed by atoms with E-state index in [4.69, 9.17) is 17.3 Å². The van der Waals surface area contributed by atoms with E-state index < -0.39 is 0 Å². The van der Waals surface area contributed by atoms with E-state index in [-0.39, 0.29) is 16.4 Å². The molecule has 1 rings (SSSR count). The fourth-order valence-electron chi connectivity index (χ4n) is 1.37. The summed E-state index contributed by atoms with van der Waals surface area (Å²) in [7, 11) is 0. The van der Waals surface area contributed by atoms with E-state index in [2.05, 4.69) is 0 Å². The van der Waals surface area contributed by atoms with Crippen LogP contribution in [0.2, 0.25) is 5.02 Å². The molecule has 0 aliphatic rings. The van der Waals surface area contributed by atoms with Crippen LogP contribution in [-0.4, -0.2) is 5.54 Å². The summed E-state index contributed by atoms with van der Waals surface area (Å²) < 4.78 is 13.4. The molecule has 0 heterocycles. The van der Waals surface area contributed by atoms with Gasteiger partial charge in [-0.25, -0.2) is 4.39 Å². The Morgan fingerprint density at radius 2 is 2.00 bits per heavy atom. The molecule has 2 N–H and O–H groups in total. The van der Waals surface area contributed by atoms with Gasteiger partial charge in [0.1, 0.15) is 5.82 Å². The Balaban J connectivity index is 3.06. The highest BCUT2D eigenvalue weighted by atomic mass is 35.5. The summed E-state index contributed by atoms with van der Waals surface area (Å²) in [5.74, 6) is -0.339. The lowest BCUT2D eigenvalue weighted by Crippen LogP contribution is -2.34. The summed E-state index contributed by atoms with van der Waals surface area (Å²) in [4.78, 5) is 0. The summed E-state index contributed by atoms with van der Waals surface area (Å²) in [5.41, 5.74) is 7.05. The monoisotopic (exact) mass is 215 g/mol. The zero-order chi connectivity index (χ0) is 10.9. The van der Waals surface area contributed by atoms with Gasteiger partial charge in [0, 0.05) is 5.54 Å². The molecular formula is C11H15ClFN. The van der Waals surface area contributed by atoms with E-state index in [1.807, 2.05) is 19.9 Å². The molecule has 0 saturated heterocycles. The Labute approximate surface area is 89.1 Å². The number of nitrogens with two attached hydrogens (primary N) is 1. The van der Waals surface area contributed by atoms with E-state index in [1.54, 1.807) is 13.0 Å². The van der Waals surface area contributed by atoms with Gasteiger partial charge >= 0.3 is 0 Å². The highest BCUT2D eigenvalue weighted by Crippen LogP contribution is 2.23. The summed E-state index contributed by atoms with van der Waals surface area (Å²) >= 11 is 5.65. The lowest BCUT2D eigenvalue weighted by Gasteiger charge is -2.20. The molecule has 0 aliphatic heterocycles. The minimum Gasteiger partial charge on any atom is -0.325 e. The fraction of sp³-hybridized carbons (Fsp3) is 0.455. The third-order valence-electron chi connectivity index (χ3n) is 2.10. The molecule has 0 unspecified atom stereocenters. The summed E-state index contributed by atoms with van der Waals surface area (Å²) in [6, 6.07) is 3.40. The van der Waals surface area contributed by atoms with Crippen molar-refractivity contribution in [3.8, 4) is 0 Å². The number of rotatable bonds is 2. The predicted molar refractivity (Wildman–Crippen MR) is 58.1 cm³/mol. The van der Waals surface area contributed by atoms with Gasteiger partial charge in [-0.05, 0) is 44.4 Å². The standard InChI is InChI=1S/C11H15ClFN/c1-7-8(6-11(2,3)14)4-5-9(12)10(7)13/h4-5H,6,14H2,1-3H3. The van der Waals surface area contributed by atoms with E-state index in [1.165, 1.54) is 0 Å². The summed E-state index contributed by atoms with van der Waals surface area (Å²) in [5, 5.41) is 0.168. The average Bonchev–Trinajstić information content (AvgIpc) is 2.04. The van der Waals surface area contributed by atoms with Crippen LogP contribution >= 0.6 is 11.6 Å². The smallest absolute Gasteiger partial charge is 0.144 e. The van der Waals surface area contributed by atoms with Crippen molar-refractivity contribution in [1.29, 1.82) is 0 Å². The third kappa shape index (κ3) is 2.69. The first-order valence-corrected chi connectivity index (χ1v) is 4.91. The van der Waals surface area contributed by atoms with Crippen LogP contribution < -0.4 is 5.73 Å². The van der Waals surface area contributed by atoms with Crippen molar-refractivity contribution >= 4 is 11.6 Å². The highest BCUT2D eigenvalue weighted by Gasteiger charge is 2.15. The molecule has 1 aromatic carbocycles. The van der Waals surface area contributed by atoms with Crippen molar-refractivity contribution in [1.82, 2.24) is 0 Å². The van der Waals surface area contributed by atoms with Gasteiger partial charge in [-0.3, -0.25) is 0 Å². The van der Waals surface area contributed by atoms with Crippen molar-refractivity contribution in [2.24, 2.45) is 5.73 Å². The fourth-order valence-corrected chi connectivity index (χ4v) is 1.58. The molecule has 78 valence electrons. The zero-order valence-corrected chi connectivity index (χ0v) is 9.45. The third-order valence-corrected chi connectivity index (χ3v) is 2.39. The van der Waals surface area contributed by atoms with Crippen molar-refractivity contribution in [2.45, 2.75) is 32.7 Å². The average molecular weight is 216 g/mol. The largest absolute Gasteiger partial charge is 0.325 e. The molecule has 0 saturated carbocycles. The van der Waals surface area contributed by atoms with Crippen molar-refractivity contribution in [2.75, 3.05) is 0 Å². The van der Waals surface area contributed by atoms with E-state index >= 15 is 0 Å². The minimum atomic E-state index is -0.339. The molecule has 14 heavy (non-hydrogen) atoms. The molecule has 0 fully saturated rings. The molecular weight excluding hydrogens is 201 g/mol.